The fraction of sp³-hybridized carbons (Fsp3) is 0.195. The molecule has 0 N–H and O–H groups in total. The van der Waals surface area contributed by atoms with Crippen molar-refractivity contribution in [3.63, 3.8) is 0 Å². The number of furan rings is 1. The van der Waals surface area contributed by atoms with E-state index < -0.39 is 0 Å². The van der Waals surface area contributed by atoms with Gasteiger partial charge in [0.15, 0.2) is 11.6 Å². The van der Waals surface area contributed by atoms with E-state index in [4.69, 9.17) is 14.4 Å². The minimum atomic E-state index is -0.346. The molecule has 3 aromatic carbocycles. The van der Waals surface area contributed by atoms with E-state index >= 15 is 0 Å². The van der Waals surface area contributed by atoms with Crippen molar-refractivity contribution in [1.82, 2.24) is 15.0 Å². The van der Waals surface area contributed by atoms with Crippen LogP contribution in [0.25, 0.3) is 51.5 Å². The van der Waals surface area contributed by atoms with E-state index in [1.54, 1.807) is 6.33 Å². The number of allylic oxidation sites excluding steroid dienone is 8. The Labute approximate surface area is 262 Å². The number of rotatable bonds is 4. The Morgan fingerprint density at radius 3 is 2.51 bits per heavy atom. The molecule has 9 rings (SSSR count). The smallest absolute Gasteiger partial charge is 0.164 e. The first-order valence-corrected chi connectivity index (χ1v) is 16.2. The third kappa shape index (κ3) is 4.01. The molecule has 1 unspecified atom stereocenters. The summed E-state index contributed by atoms with van der Waals surface area (Å²) in [5.74, 6) is 1.34. The van der Waals surface area contributed by atoms with Crippen LogP contribution in [-0.2, 0) is 5.41 Å². The summed E-state index contributed by atoms with van der Waals surface area (Å²) in [7, 11) is 0. The second-order valence-corrected chi connectivity index (χ2v) is 12.4. The zero-order valence-corrected chi connectivity index (χ0v) is 25.2. The summed E-state index contributed by atoms with van der Waals surface area (Å²) in [6.45, 7) is 0. The van der Waals surface area contributed by atoms with Crippen LogP contribution in [0.4, 0.5) is 0 Å². The highest BCUT2D eigenvalue weighted by Crippen LogP contribution is 2.59. The van der Waals surface area contributed by atoms with Crippen LogP contribution in [0, 0.1) is 0 Å². The van der Waals surface area contributed by atoms with Gasteiger partial charge in [-0.1, -0.05) is 91.1 Å². The quantitative estimate of drug-likeness (QED) is 0.213. The van der Waals surface area contributed by atoms with Crippen LogP contribution >= 0.6 is 0 Å². The largest absolute Gasteiger partial charge is 0.456 e. The Morgan fingerprint density at radius 2 is 1.60 bits per heavy atom. The molecule has 0 aliphatic heterocycles. The predicted molar refractivity (Wildman–Crippen MR) is 181 cm³/mol. The van der Waals surface area contributed by atoms with E-state index in [0.29, 0.717) is 11.6 Å². The van der Waals surface area contributed by atoms with Crippen molar-refractivity contribution in [2.75, 3.05) is 0 Å². The van der Waals surface area contributed by atoms with E-state index in [2.05, 4.69) is 114 Å². The monoisotopic (exact) mass is 583 g/mol. The number of hydrogen-bond acceptors (Lipinski definition) is 4. The first-order chi connectivity index (χ1) is 22.3. The molecule has 5 aromatic rings. The molecule has 0 amide bonds. The summed E-state index contributed by atoms with van der Waals surface area (Å²) in [4.78, 5) is 14.5. The van der Waals surface area contributed by atoms with Gasteiger partial charge in [0.2, 0.25) is 0 Å². The SMILES string of the molecule is C1=CC(C2(c3ccccc3)C3=C(C=CCCC3)c3c(-c4ncnc(-c5ccc6c7c(oc6c5)=CCCC=7)n4)cccc32)=CCC1. The Hall–Kier alpha value is -5.09. The van der Waals surface area contributed by atoms with Crippen molar-refractivity contribution in [2.45, 2.75) is 50.4 Å². The van der Waals surface area contributed by atoms with Crippen molar-refractivity contribution in [3.8, 4) is 22.8 Å². The number of hydrogen-bond donors (Lipinski definition) is 0. The molecule has 0 saturated heterocycles. The lowest BCUT2D eigenvalue weighted by Gasteiger charge is -2.37. The molecule has 4 aliphatic rings. The van der Waals surface area contributed by atoms with Crippen LogP contribution in [0.2, 0.25) is 0 Å². The van der Waals surface area contributed by atoms with Crippen LogP contribution < -0.4 is 10.6 Å². The van der Waals surface area contributed by atoms with Crippen LogP contribution in [0.15, 0.2) is 119 Å². The molecule has 2 heterocycles. The Bertz CT molecular complexity index is 2250. The maximum absolute atomic E-state index is 6.24. The fourth-order valence-electron chi connectivity index (χ4n) is 8.01. The van der Waals surface area contributed by atoms with E-state index in [1.165, 1.54) is 38.6 Å². The topological polar surface area (TPSA) is 51.8 Å². The van der Waals surface area contributed by atoms with Gasteiger partial charge in [0.05, 0.1) is 5.41 Å². The van der Waals surface area contributed by atoms with Gasteiger partial charge in [-0.2, -0.15) is 0 Å². The normalized spacial score (nSPS) is 20.1. The molecule has 4 nitrogen and oxygen atoms in total. The second kappa shape index (κ2) is 10.5. The molecule has 45 heavy (non-hydrogen) atoms. The molecule has 0 spiro atoms. The molecule has 0 bridgehead atoms. The minimum Gasteiger partial charge on any atom is -0.456 e. The van der Waals surface area contributed by atoms with Gasteiger partial charge in [-0.25, -0.2) is 15.0 Å². The van der Waals surface area contributed by atoms with Crippen molar-refractivity contribution in [3.05, 3.63) is 142 Å². The van der Waals surface area contributed by atoms with Gasteiger partial charge in [0.1, 0.15) is 17.3 Å². The summed E-state index contributed by atoms with van der Waals surface area (Å²) < 4.78 is 6.24. The molecule has 4 heteroatoms. The lowest BCUT2D eigenvalue weighted by molar-refractivity contribution is 0.572. The molecule has 1 atom stereocenters. The van der Waals surface area contributed by atoms with Crippen LogP contribution in [0.3, 0.4) is 0 Å². The Morgan fingerprint density at radius 1 is 0.733 bits per heavy atom. The molecule has 0 radical (unpaired) electrons. The molecule has 0 saturated carbocycles. The fourth-order valence-corrected chi connectivity index (χ4v) is 8.01. The van der Waals surface area contributed by atoms with E-state index in [9.17, 15) is 0 Å². The molecule has 0 fully saturated rings. The van der Waals surface area contributed by atoms with Gasteiger partial charge in [0, 0.05) is 21.7 Å². The molecule has 4 aliphatic carbocycles. The second-order valence-electron chi connectivity index (χ2n) is 12.4. The van der Waals surface area contributed by atoms with Crippen molar-refractivity contribution in [1.29, 1.82) is 0 Å². The molecular weight excluding hydrogens is 550 g/mol. The minimum absolute atomic E-state index is 0.346. The van der Waals surface area contributed by atoms with Gasteiger partial charge in [-0.3, -0.25) is 0 Å². The highest BCUT2D eigenvalue weighted by Gasteiger charge is 2.48. The Kier molecular flexibility index (Phi) is 6.15. The van der Waals surface area contributed by atoms with Gasteiger partial charge in [-0.05, 0) is 96.6 Å². The third-order valence-electron chi connectivity index (χ3n) is 9.91. The van der Waals surface area contributed by atoms with E-state index in [1.807, 2.05) is 0 Å². The number of aromatic nitrogens is 3. The number of benzene rings is 3. The zero-order valence-electron chi connectivity index (χ0n) is 25.2. The number of nitrogens with zero attached hydrogens (tertiary/aromatic N) is 3. The van der Waals surface area contributed by atoms with Crippen LogP contribution in [0.5, 0.6) is 0 Å². The van der Waals surface area contributed by atoms with E-state index in [-0.39, 0.29) is 5.41 Å². The van der Waals surface area contributed by atoms with Gasteiger partial charge >= 0.3 is 0 Å². The first-order valence-electron chi connectivity index (χ1n) is 16.2. The van der Waals surface area contributed by atoms with Crippen LogP contribution in [-0.4, -0.2) is 15.0 Å². The standard InChI is InChI=1S/C41H33N3O/c1-4-13-28(14-5-1)41(29-15-6-2-7-16-29)34-20-9-3-8-18-32(34)38-33(19-12-21-35(38)41)40-43-26-42-39(44-40)27-23-24-31-30-17-10-11-22-36(30)45-37(31)25-27/h1,4-6,8,12-19,21-26H,2-3,7,9-11,20H2. The molecular formula is C41H33N3O. The lowest BCUT2D eigenvalue weighted by atomic mass is 9.64. The maximum Gasteiger partial charge on any atom is 0.164 e. The average molecular weight is 584 g/mol. The van der Waals surface area contributed by atoms with Gasteiger partial charge < -0.3 is 4.42 Å². The first kappa shape index (κ1) is 26.3. The summed E-state index contributed by atoms with van der Waals surface area (Å²) in [6.07, 6.45) is 25.5. The van der Waals surface area contributed by atoms with Crippen molar-refractivity contribution < 1.29 is 4.42 Å². The maximum atomic E-state index is 6.24. The summed E-state index contributed by atoms with van der Waals surface area (Å²) in [6, 6.07) is 24.1. The van der Waals surface area contributed by atoms with Crippen LogP contribution in [0.1, 0.15) is 61.6 Å². The van der Waals surface area contributed by atoms with E-state index in [0.717, 1.165) is 72.5 Å². The zero-order chi connectivity index (χ0) is 29.8. The Balaban J connectivity index is 1.25. The third-order valence-corrected chi connectivity index (χ3v) is 9.91. The summed E-state index contributed by atoms with van der Waals surface area (Å²) in [5, 5.41) is 2.34. The number of fused-ring (bicyclic) bond motifs is 5. The molecule has 218 valence electrons. The highest BCUT2D eigenvalue weighted by atomic mass is 16.3. The lowest BCUT2D eigenvalue weighted by Crippen LogP contribution is -2.31. The molecule has 2 aromatic heterocycles. The highest BCUT2D eigenvalue weighted by molar-refractivity contribution is 5.96. The average Bonchev–Trinajstić information content (AvgIpc) is 3.50. The van der Waals surface area contributed by atoms with Gasteiger partial charge in [0.25, 0.3) is 0 Å². The van der Waals surface area contributed by atoms with Crippen molar-refractivity contribution in [2.24, 2.45) is 0 Å². The van der Waals surface area contributed by atoms with Crippen molar-refractivity contribution >= 4 is 28.7 Å². The predicted octanol–water partition coefficient (Wildman–Crippen LogP) is 8.38. The summed E-state index contributed by atoms with van der Waals surface area (Å²) in [5.41, 5.74) is 11.5. The van der Waals surface area contributed by atoms with Gasteiger partial charge in [-0.15, -0.1) is 0 Å². The summed E-state index contributed by atoms with van der Waals surface area (Å²) >= 11 is 0.